The van der Waals surface area contributed by atoms with Crippen LogP contribution in [0, 0.1) is 0 Å². The zero-order valence-electron chi connectivity index (χ0n) is 42.2. The number of rotatable bonds is 14. The van der Waals surface area contributed by atoms with Crippen molar-refractivity contribution in [1.82, 2.24) is 0 Å². The summed E-state index contributed by atoms with van der Waals surface area (Å²) in [4.78, 5) is 9.36. The summed E-state index contributed by atoms with van der Waals surface area (Å²) in [7, 11) is 0. The normalized spacial score (nSPS) is 11.1. The molecule has 0 unspecified atom stereocenters. The number of anilines is 12. The van der Waals surface area contributed by atoms with E-state index in [0.717, 1.165) is 112 Å². The Balaban J connectivity index is 1.01. The van der Waals surface area contributed by atoms with Gasteiger partial charge in [0.2, 0.25) is 0 Å². The third kappa shape index (κ3) is 9.35. The van der Waals surface area contributed by atoms with Gasteiger partial charge in [0.15, 0.2) is 0 Å². The SMILES string of the molecule is c1ccc(N(c2ccccc2)c2cc(-c3ccc4oc5c(-c6cc(N(c7ccccc7)c7ccccc7)cc(N(c7ccccc7)c7ccccc7)c6)cccc5c4c3)cc(N(c3ccccc3)c3ccccc3)c2)cc1. The van der Waals surface area contributed by atoms with Crippen LogP contribution in [0.4, 0.5) is 68.2 Å². The third-order valence-corrected chi connectivity index (χ3v) is 14.1. The molecule has 1 aromatic heterocycles. The van der Waals surface area contributed by atoms with E-state index in [1.165, 1.54) is 0 Å². The Morgan fingerprint density at radius 3 is 0.805 bits per heavy atom. The molecule has 77 heavy (non-hydrogen) atoms. The average Bonchev–Trinajstić information content (AvgIpc) is 3.90. The van der Waals surface area contributed by atoms with E-state index >= 15 is 0 Å². The quantitative estimate of drug-likeness (QED) is 0.108. The van der Waals surface area contributed by atoms with Crippen molar-refractivity contribution in [3.63, 3.8) is 0 Å². The van der Waals surface area contributed by atoms with Crippen molar-refractivity contribution in [2.75, 3.05) is 19.6 Å². The van der Waals surface area contributed by atoms with Gasteiger partial charge in [-0.25, -0.2) is 0 Å². The molecule has 366 valence electrons. The fourth-order valence-corrected chi connectivity index (χ4v) is 10.6. The van der Waals surface area contributed by atoms with Crippen LogP contribution in [0.15, 0.2) is 320 Å². The Labute approximate surface area is 449 Å². The van der Waals surface area contributed by atoms with Gasteiger partial charge in [-0.05, 0) is 162 Å². The van der Waals surface area contributed by atoms with Crippen molar-refractivity contribution >= 4 is 90.2 Å². The molecule has 0 saturated heterocycles. The molecule has 1 heterocycles. The summed E-state index contributed by atoms with van der Waals surface area (Å²) in [5.74, 6) is 0. The first-order valence-electron chi connectivity index (χ1n) is 26.1. The monoisotopic (exact) mass is 988 g/mol. The number of fused-ring (bicyclic) bond motifs is 3. The van der Waals surface area contributed by atoms with Crippen molar-refractivity contribution < 1.29 is 4.42 Å². The van der Waals surface area contributed by atoms with Gasteiger partial charge in [0, 0.05) is 84.6 Å². The highest BCUT2D eigenvalue weighted by atomic mass is 16.3. The van der Waals surface area contributed by atoms with Gasteiger partial charge in [-0.15, -0.1) is 0 Å². The molecule has 0 saturated carbocycles. The van der Waals surface area contributed by atoms with E-state index in [2.05, 4.69) is 335 Å². The highest BCUT2D eigenvalue weighted by molar-refractivity contribution is 6.11. The molecule has 0 aliphatic heterocycles. The van der Waals surface area contributed by atoms with Gasteiger partial charge in [-0.2, -0.15) is 0 Å². The van der Waals surface area contributed by atoms with Gasteiger partial charge in [-0.3, -0.25) is 0 Å². The van der Waals surface area contributed by atoms with Gasteiger partial charge in [0.05, 0.1) is 0 Å². The number of para-hydroxylation sites is 9. The minimum Gasteiger partial charge on any atom is -0.455 e. The van der Waals surface area contributed by atoms with Crippen molar-refractivity contribution in [2.45, 2.75) is 0 Å². The van der Waals surface area contributed by atoms with Crippen LogP contribution in [0.2, 0.25) is 0 Å². The van der Waals surface area contributed by atoms with Crippen LogP contribution in [0.25, 0.3) is 44.2 Å². The predicted molar refractivity (Wildman–Crippen MR) is 323 cm³/mol. The number of nitrogens with zero attached hydrogens (tertiary/aromatic N) is 4. The van der Waals surface area contributed by atoms with Crippen molar-refractivity contribution in [3.8, 4) is 22.3 Å². The molecular formula is C72H52N4O. The molecule has 5 heteroatoms. The molecule has 13 rings (SSSR count). The predicted octanol–water partition coefficient (Wildman–Crippen LogP) is 20.8. The van der Waals surface area contributed by atoms with E-state index in [-0.39, 0.29) is 0 Å². The van der Waals surface area contributed by atoms with E-state index in [1.54, 1.807) is 0 Å². The molecule has 0 radical (unpaired) electrons. The molecule has 0 N–H and O–H groups in total. The van der Waals surface area contributed by atoms with Crippen molar-refractivity contribution in [2.24, 2.45) is 0 Å². The molecule has 13 aromatic rings. The summed E-state index contributed by atoms with van der Waals surface area (Å²) in [6, 6.07) is 112. The molecule has 0 fully saturated rings. The standard InChI is InChI=1S/C72H52N4O/c1-9-26-56(27-10-1)73(57-28-11-2-12-29-57)64-46-54(47-65(51-64)74(58-30-13-3-14-31-58)59-32-15-4-16-33-59)53-44-45-71-70(50-53)69-43-25-42-68(72(69)77-71)55-48-66(75(60-34-17-5-18-35-60)61-36-19-6-20-37-61)52-67(49-55)76(62-38-21-7-22-39-62)63-40-23-8-24-41-63/h1-52H. The summed E-state index contributed by atoms with van der Waals surface area (Å²) < 4.78 is 7.08. The second-order valence-corrected chi connectivity index (χ2v) is 19.0. The first kappa shape index (κ1) is 46.4. The van der Waals surface area contributed by atoms with Gasteiger partial charge >= 0.3 is 0 Å². The van der Waals surface area contributed by atoms with Crippen LogP contribution < -0.4 is 19.6 Å². The maximum absolute atomic E-state index is 7.08. The lowest BCUT2D eigenvalue weighted by atomic mass is 9.98. The molecule has 12 aromatic carbocycles. The highest BCUT2D eigenvalue weighted by Crippen LogP contribution is 2.47. The van der Waals surface area contributed by atoms with E-state index in [0.29, 0.717) is 0 Å². The number of hydrogen-bond acceptors (Lipinski definition) is 5. The molecular weight excluding hydrogens is 937 g/mol. The molecule has 0 aliphatic carbocycles. The van der Waals surface area contributed by atoms with Gasteiger partial charge in [0.25, 0.3) is 0 Å². The zero-order valence-corrected chi connectivity index (χ0v) is 42.2. The van der Waals surface area contributed by atoms with Crippen LogP contribution in [-0.2, 0) is 0 Å². The van der Waals surface area contributed by atoms with E-state index in [9.17, 15) is 0 Å². The first-order valence-corrected chi connectivity index (χ1v) is 26.1. The number of hydrogen-bond donors (Lipinski definition) is 0. The lowest BCUT2D eigenvalue weighted by Gasteiger charge is -2.30. The van der Waals surface area contributed by atoms with E-state index < -0.39 is 0 Å². The molecule has 0 bridgehead atoms. The molecule has 0 amide bonds. The largest absolute Gasteiger partial charge is 0.455 e. The Morgan fingerprint density at radius 2 is 0.494 bits per heavy atom. The first-order chi connectivity index (χ1) is 38.2. The Morgan fingerprint density at radius 1 is 0.195 bits per heavy atom. The fraction of sp³-hybridized carbons (Fsp3) is 0. The minimum absolute atomic E-state index is 0.819. The zero-order chi connectivity index (χ0) is 51.3. The minimum atomic E-state index is 0.819. The topological polar surface area (TPSA) is 26.1 Å². The van der Waals surface area contributed by atoms with Crippen LogP contribution in [-0.4, -0.2) is 0 Å². The van der Waals surface area contributed by atoms with E-state index in [4.69, 9.17) is 4.42 Å². The lowest BCUT2D eigenvalue weighted by molar-refractivity contribution is 0.670. The fourth-order valence-electron chi connectivity index (χ4n) is 10.6. The Bertz CT molecular complexity index is 3720. The summed E-state index contributed by atoms with van der Waals surface area (Å²) in [5, 5.41) is 2.08. The highest BCUT2D eigenvalue weighted by Gasteiger charge is 2.23. The van der Waals surface area contributed by atoms with Crippen LogP contribution in [0.5, 0.6) is 0 Å². The van der Waals surface area contributed by atoms with Gasteiger partial charge < -0.3 is 24.0 Å². The van der Waals surface area contributed by atoms with Crippen LogP contribution in [0.1, 0.15) is 0 Å². The Hall–Kier alpha value is -10.4. The molecule has 5 nitrogen and oxygen atoms in total. The smallest absolute Gasteiger partial charge is 0.143 e. The summed E-state index contributed by atoms with van der Waals surface area (Å²) >= 11 is 0. The maximum Gasteiger partial charge on any atom is 0.143 e. The second kappa shape index (κ2) is 20.9. The lowest BCUT2D eigenvalue weighted by Crippen LogP contribution is -2.13. The van der Waals surface area contributed by atoms with Gasteiger partial charge in [-0.1, -0.05) is 170 Å². The number of furan rings is 1. The number of benzene rings is 12. The van der Waals surface area contributed by atoms with Crippen molar-refractivity contribution in [3.05, 3.63) is 315 Å². The summed E-state index contributed by atoms with van der Waals surface area (Å²) in [5.41, 5.74) is 18.4. The molecule has 0 aliphatic rings. The van der Waals surface area contributed by atoms with Crippen LogP contribution in [0.3, 0.4) is 0 Å². The summed E-state index contributed by atoms with van der Waals surface area (Å²) in [6.07, 6.45) is 0. The van der Waals surface area contributed by atoms with Gasteiger partial charge in [0.1, 0.15) is 11.2 Å². The maximum atomic E-state index is 7.08. The van der Waals surface area contributed by atoms with Crippen LogP contribution >= 0.6 is 0 Å². The van der Waals surface area contributed by atoms with Crippen molar-refractivity contribution in [1.29, 1.82) is 0 Å². The van der Waals surface area contributed by atoms with E-state index in [1.807, 2.05) is 0 Å². The molecule has 0 atom stereocenters. The third-order valence-electron chi connectivity index (χ3n) is 14.1. The molecule has 0 spiro atoms. The average molecular weight is 989 g/mol. The summed E-state index contributed by atoms with van der Waals surface area (Å²) in [6.45, 7) is 0. The Kier molecular flexibility index (Phi) is 12.6. The second-order valence-electron chi connectivity index (χ2n) is 19.0.